The first-order valence-electron chi connectivity index (χ1n) is 7.64. The predicted octanol–water partition coefficient (Wildman–Crippen LogP) is 3.34. The van der Waals surface area contributed by atoms with E-state index in [4.69, 9.17) is 5.73 Å². The van der Waals surface area contributed by atoms with Crippen molar-refractivity contribution in [2.24, 2.45) is 5.73 Å². The van der Waals surface area contributed by atoms with Crippen molar-refractivity contribution < 1.29 is 9.90 Å². The number of hydrogen-bond acceptors (Lipinski definition) is 2. The minimum Gasteiger partial charge on any atom is -0.478 e. The van der Waals surface area contributed by atoms with E-state index in [-0.39, 0.29) is 0 Å². The third kappa shape index (κ3) is 3.27. The van der Waals surface area contributed by atoms with E-state index >= 15 is 0 Å². The van der Waals surface area contributed by atoms with E-state index < -0.39 is 5.97 Å². The smallest absolute Gasteiger partial charge is 0.335 e. The lowest BCUT2D eigenvalue weighted by Gasteiger charge is -2.07. The topological polar surface area (TPSA) is 68.2 Å². The van der Waals surface area contributed by atoms with E-state index in [0.717, 1.165) is 43.2 Å². The number of rotatable bonds is 7. The van der Waals surface area contributed by atoms with Crippen LogP contribution in [0.2, 0.25) is 0 Å². The summed E-state index contributed by atoms with van der Waals surface area (Å²) in [6, 6.07) is 3.57. The average molecular weight is 288 g/mol. The summed E-state index contributed by atoms with van der Waals surface area (Å²) in [5.74, 6) is -0.869. The number of benzene rings is 1. The molecule has 2 aromatic rings. The van der Waals surface area contributed by atoms with Gasteiger partial charge in [-0.15, -0.1) is 0 Å². The van der Waals surface area contributed by atoms with Crippen LogP contribution < -0.4 is 5.73 Å². The molecule has 1 aromatic heterocycles. The molecule has 114 valence electrons. The molecule has 2 rings (SSSR count). The number of unbranched alkanes of at least 4 members (excludes halogenated alkanes) is 1. The second-order valence-corrected chi connectivity index (χ2v) is 5.59. The molecule has 4 heteroatoms. The molecule has 0 aliphatic carbocycles. The van der Waals surface area contributed by atoms with Gasteiger partial charge >= 0.3 is 5.97 Å². The summed E-state index contributed by atoms with van der Waals surface area (Å²) in [5, 5.41) is 10.3. The molecule has 0 saturated heterocycles. The van der Waals surface area contributed by atoms with E-state index in [0.29, 0.717) is 12.1 Å². The van der Waals surface area contributed by atoms with Crippen molar-refractivity contribution in [3.8, 4) is 0 Å². The van der Waals surface area contributed by atoms with Crippen molar-refractivity contribution in [2.45, 2.75) is 46.1 Å². The van der Waals surface area contributed by atoms with Crippen LogP contribution in [0.5, 0.6) is 0 Å². The molecule has 0 radical (unpaired) electrons. The molecule has 1 aromatic carbocycles. The Bertz CT molecular complexity index is 644. The van der Waals surface area contributed by atoms with Crippen LogP contribution in [0.25, 0.3) is 10.9 Å². The molecule has 4 nitrogen and oxygen atoms in total. The summed E-state index contributed by atoms with van der Waals surface area (Å²) in [6.45, 7) is 5.79. The normalized spacial score (nSPS) is 11.2. The van der Waals surface area contributed by atoms with Gasteiger partial charge < -0.3 is 15.4 Å². The van der Waals surface area contributed by atoms with Crippen molar-refractivity contribution in [1.29, 1.82) is 0 Å². The largest absolute Gasteiger partial charge is 0.478 e. The number of nitrogens with zero attached hydrogens (tertiary/aromatic N) is 1. The van der Waals surface area contributed by atoms with Crippen molar-refractivity contribution in [2.75, 3.05) is 6.54 Å². The number of carbonyl (C=O) groups is 1. The van der Waals surface area contributed by atoms with Gasteiger partial charge in [0.05, 0.1) is 11.1 Å². The Hall–Kier alpha value is -1.81. The van der Waals surface area contributed by atoms with Crippen LogP contribution in [0, 0.1) is 6.92 Å². The molecular formula is C17H24N2O2. The van der Waals surface area contributed by atoms with Gasteiger partial charge in [-0.05, 0) is 56.0 Å². The maximum atomic E-state index is 11.3. The first-order chi connectivity index (χ1) is 10.1. The number of aromatic nitrogens is 1. The van der Waals surface area contributed by atoms with Crippen LogP contribution in [0.1, 0.15) is 47.7 Å². The number of hydrogen-bond donors (Lipinski definition) is 2. The van der Waals surface area contributed by atoms with Gasteiger partial charge in [0, 0.05) is 18.1 Å². The number of fused-ring (bicyclic) bond motifs is 1. The molecule has 0 unspecified atom stereocenters. The highest BCUT2D eigenvalue weighted by atomic mass is 16.4. The summed E-state index contributed by atoms with van der Waals surface area (Å²) in [5.41, 5.74) is 9.38. The molecule has 0 amide bonds. The Morgan fingerprint density at radius 2 is 2.10 bits per heavy atom. The lowest BCUT2D eigenvalue weighted by atomic mass is 10.0. The molecule has 0 atom stereocenters. The highest BCUT2D eigenvalue weighted by molar-refractivity contribution is 5.96. The van der Waals surface area contributed by atoms with Gasteiger partial charge in [-0.3, -0.25) is 0 Å². The highest BCUT2D eigenvalue weighted by Gasteiger charge is 2.14. The molecular weight excluding hydrogens is 264 g/mol. The van der Waals surface area contributed by atoms with Crippen molar-refractivity contribution in [3.63, 3.8) is 0 Å². The van der Waals surface area contributed by atoms with Gasteiger partial charge in [0.25, 0.3) is 0 Å². The van der Waals surface area contributed by atoms with Crippen LogP contribution >= 0.6 is 0 Å². The van der Waals surface area contributed by atoms with Gasteiger partial charge in [0.15, 0.2) is 0 Å². The number of aryl methyl sites for hydroxylation is 3. The van der Waals surface area contributed by atoms with E-state index in [2.05, 4.69) is 17.7 Å². The fraction of sp³-hybridized carbons (Fsp3) is 0.471. The van der Waals surface area contributed by atoms with E-state index in [9.17, 15) is 9.90 Å². The van der Waals surface area contributed by atoms with Crippen LogP contribution in [0.3, 0.4) is 0 Å². The Labute approximate surface area is 125 Å². The third-order valence-electron chi connectivity index (χ3n) is 3.90. The standard InChI is InChI=1S/C17H24N2O2/c1-3-4-8-19-11-13(6-5-7-18)15-10-14(17(20)21)9-12(2)16(15)19/h9-11H,3-8,18H2,1-2H3,(H,20,21). The van der Waals surface area contributed by atoms with Gasteiger partial charge in [0.2, 0.25) is 0 Å². The summed E-state index contributed by atoms with van der Waals surface area (Å²) >= 11 is 0. The lowest BCUT2D eigenvalue weighted by Crippen LogP contribution is -2.00. The Kier molecular flexibility index (Phi) is 5.02. The fourth-order valence-electron chi connectivity index (χ4n) is 2.85. The monoisotopic (exact) mass is 288 g/mol. The maximum Gasteiger partial charge on any atom is 0.335 e. The lowest BCUT2D eigenvalue weighted by molar-refractivity contribution is 0.0697. The summed E-state index contributed by atoms with van der Waals surface area (Å²) < 4.78 is 2.27. The van der Waals surface area contributed by atoms with Crippen LogP contribution in [-0.4, -0.2) is 22.2 Å². The highest BCUT2D eigenvalue weighted by Crippen LogP contribution is 2.28. The number of carboxylic acids is 1. The molecule has 0 spiro atoms. The molecule has 0 aliphatic rings. The zero-order chi connectivity index (χ0) is 15.4. The van der Waals surface area contributed by atoms with Crippen molar-refractivity contribution in [1.82, 2.24) is 4.57 Å². The van der Waals surface area contributed by atoms with Gasteiger partial charge in [-0.2, -0.15) is 0 Å². The SMILES string of the molecule is CCCCn1cc(CCCN)c2cc(C(=O)O)cc(C)c21. The summed E-state index contributed by atoms with van der Waals surface area (Å²) in [6.07, 6.45) is 6.26. The molecule has 0 fully saturated rings. The molecule has 1 heterocycles. The third-order valence-corrected chi connectivity index (χ3v) is 3.90. The number of carboxylic acid groups (broad SMARTS) is 1. The zero-order valence-electron chi connectivity index (χ0n) is 12.9. The molecule has 0 saturated carbocycles. The molecule has 21 heavy (non-hydrogen) atoms. The number of aromatic carboxylic acids is 1. The Morgan fingerprint density at radius 3 is 2.71 bits per heavy atom. The van der Waals surface area contributed by atoms with Crippen LogP contribution in [0.4, 0.5) is 0 Å². The minimum atomic E-state index is -0.869. The quantitative estimate of drug-likeness (QED) is 0.821. The van der Waals surface area contributed by atoms with Crippen LogP contribution in [0.15, 0.2) is 18.3 Å². The Morgan fingerprint density at radius 1 is 1.33 bits per heavy atom. The summed E-state index contributed by atoms with van der Waals surface area (Å²) in [7, 11) is 0. The zero-order valence-corrected chi connectivity index (χ0v) is 12.9. The van der Waals surface area contributed by atoms with Crippen molar-refractivity contribution >= 4 is 16.9 Å². The van der Waals surface area contributed by atoms with Gasteiger partial charge in [0.1, 0.15) is 0 Å². The average Bonchev–Trinajstić information content (AvgIpc) is 2.81. The van der Waals surface area contributed by atoms with E-state index in [1.54, 1.807) is 12.1 Å². The summed E-state index contributed by atoms with van der Waals surface area (Å²) in [4.78, 5) is 11.3. The Balaban J connectivity index is 2.56. The number of nitrogens with two attached hydrogens (primary N) is 1. The second-order valence-electron chi connectivity index (χ2n) is 5.59. The molecule has 0 aliphatic heterocycles. The van der Waals surface area contributed by atoms with Crippen molar-refractivity contribution in [3.05, 3.63) is 35.0 Å². The molecule has 0 bridgehead atoms. The van der Waals surface area contributed by atoms with E-state index in [1.165, 1.54) is 11.1 Å². The molecule has 3 N–H and O–H groups in total. The van der Waals surface area contributed by atoms with Gasteiger partial charge in [-0.25, -0.2) is 4.79 Å². The minimum absolute atomic E-state index is 0.363. The maximum absolute atomic E-state index is 11.3. The van der Waals surface area contributed by atoms with E-state index in [1.807, 2.05) is 6.92 Å². The van der Waals surface area contributed by atoms with Crippen LogP contribution in [-0.2, 0) is 13.0 Å². The first kappa shape index (κ1) is 15.6. The predicted molar refractivity (Wildman–Crippen MR) is 85.9 cm³/mol. The second kappa shape index (κ2) is 6.76. The van der Waals surface area contributed by atoms with Gasteiger partial charge in [-0.1, -0.05) is 13.3 Å². The fourth-order valence-corrected chi connectivity index (χ4v) is 2.85. The first-order valence-corrected chi connectivity index (χ1v) is 7.64.